The average molecular weight is 225 g/mol. The van der Waals surface area contributed by atoms with Crippen molar-refractivity contribution in [2.45, 2.75) is 6.54 Å². The Balaban J connectivity index is 2.38. The zero-order valence-electron chi connectivity index (χ0n) is 7.82. The van der Waals surface area contributed by atoms with Crippen LogP contribution in [0.15, 0.2) is 23.6 Å². The molecule has 0 aromatic carbocycles. The Hall–Kier alpha value is -0.840. The molecule has 0 aliphatic carbocycles. The molecular formula is C10H11NOS2. The maximum Gasteiger partial charge on any atom is 0.173 e. The first-order chi connectivity index (χ1) is 6.85. The predicted molar refractivity (Wildman–Crippen MR) is 62.1 cm³/mol. The van der Waals surface area contributed by atoms with Crippen molar-refractivity contribution < 1.29 is 4.74 Å². The first kappa shape index (κ1) is 9.71. The Labute approximate surface area is 91.0 Å². The summed E-state index contributed by atoms with van der Waals surface area (Å²) < 4.78 is 5.16. The van der Waals surface area contributed by atoms with Gasteiger partial charge >= 0.3 is 0 Å². The van der Waals surface area contributed by atoms with Crippen molar-refractivity contribution in [3.63, 3.8) is 0 Å². The summed E-state index contributed by atoms with van der Waals surface area (Å²) in [5, 5.41) is 3.01. The highest BCUT2D eigenvalue weighted by Gasteiger charge is 2.08. The van der Waals surface area contributed by atoms with Crippen LogP contribution in [-0.4, -0.2) is 7.11 Å². The minimum Gasteiger partial charge on any atom is -0.487 e. The first-order valence-electron chi connectivity index (χ1n) is 4.25. The Bertz CT molecular complexity index is 419. The van der Waals surface area contributed by atoms with Gasteiger partial charge < -0.3 is 10.5 Å². The summed E-state index contributed by atoms with van der Waals surface area (Å²) in [7, 11) is 1.69. The molecule has 0 saturated heterocycles. The molecule has 0 aliphatic rings. The summed E-state index contributed by atoms with van der Waals surface area (Å²) in [5.74, 6) is 0. The summed E-state index contributed by atoms with van der Waals surface area (Å²) in [6, 6.07) is 6.17. The van der Waals surface area contributed by atoms with E-state index in [-0.39, 0.29) is 0 Å². The molecule has 0 amide bonds. The number of rotatable bonds is 3. The van der Waals surface area contributed by atoms with Crippen LogP contribution < -0.4 is 10.5 Å². The fourth-order valence-corrected chi connectivity index (χ4v) is 3.00. The van der Waals surface area contributed by atoms with Crippen LogP contribution in [0.2, 0.25) is 0 Å². The van der Waals surface area contributed by atoms with Crippen molar-refractivity contribution in [1.82, 2.24) is 0 Å². The lowest BCUT2D eigenvalue weighted by Gasteiger charge is -1.96. The number of hydrogen-bond acceptors (Lipinski definition) is 4. The van der Waals surface area contributed by atoms with Gasteiger partial charge in [-0.25, -0.2) is 0 Å². The first-order valence-corrected chi connectivity index (χ1v) is 5.95. The van der Waals surface area contributed by atoms with Crippen LogP contribution in [0.1, 0.15) is 4.88 Å². The number of hydrogen-bond donors (Lipinski definition) is 1. The lowest BCUT2D eigenvalue weighted by Crippen LogP contribution is -1.93. The van der Waals surface area contributed by atoms with Crippen molar-refractivity contribution in [3.8, 4) is 15.5 Å². The summed E-state index contributed by atoms with van der Waals surface area (Å²) in [5.41, 5.74) is 6.90. The van der Waals surface area contributed by atoms with Gasteiger partial charge in [0.2, 0.25) is 0 Å². The topological polar surface area (TPSA) is 35.2 Å². The molecular weight excluding hydrogens is 214 g/mol. The standard InChI is InChI=1S/C10H11NOS2/c1-12-10-3-2-8(14-10)7-4-5-13-9(7)6-11/h2-5H,6,11H2,1H3. The monoisotopic (exact) mass is 225 g/mol. The van der Waals surface area contributed by atoms with Gasteiger partial charge in [-0.2, -0.15) is 0 Å². The van der Waals surface area contributed by atoms with Gasteiger partial charge in [-0.1, -0.05) is 11.3 Å². The molecule has 4 heteroatoms. The van der Waals surface area contributed by atoms with E-state index in [2.05, 4.69) is 17.5 Å². The van der Waals surface area contributed by atoms with Crippen molar-refractivity contribution in [3.05, 3.63) is 28.5 Å². The minimum atomic E-state index is 0.604. The molecule has 0 spiro atoms. The maximum absolute atomic E-state index is 5.66. The third kappa shape index (κ3) is 1.68. The van der Waals surface area contributed by atoms with E-state index in [1.807, 2.05) is 6.07 Å². The van der Waals surface area contributed by atoms with E-state index in [0.29, 0.717) is 6.54 Å². The summed E-state index contributed by atoms with van der Waals surface area (Å²) >= 11 is 3.35. The number of ether oxygens (including phenoxy) is 1. The van der Waals surface area contributed by atoms with Crippen molar-refractivity contribution in [1.29, 1.82) is 0 Å². The highest BCUT2D eigenvalue weighted by atomic mass is 32.1. The second kappa shape index (κ2) is 4.13. The van der Waals surface area contributed by atoms with Crippen LogP contribution in [0.5, 0.6) is 5.06 Å². The zero-order chi connectivity index (χ0) is 9.97. The second-order valence-corrected chi connectivity index (χ2v) is 4.83. The van der Waals surface area contributed by atoms with Crippen LogP contribution in [0.3, 0.4) is 0 Å². The molecule has 0 atom stereocenters. The highest BCUT2D eigenvalue weighted by Crippen LogP contribution is 2.36. The molecule has 0 radical (unpaired) electrons. The van der Waals surface area contributed by atoms with Crippen LogP contribution in [0, 0.1) is 0 Å². The van der Waals surface area contributed by atoms with E-state index in [9.17, 15) is 0 Å². The normalized spacial score (nSPS) is 10.4. The van der Waals surface area contributed by atoms with Gasteiger partial charge in [0.25, 0.3) is 0 Å². The third-order valence-corrected chi connectivity index (χ3v) is 4.00. The molecule has 2 N–H and O–H groups in total. The Morgan fingerprint density at radius 2 is 2.21 bits per heavy atom. The molecule has 74 valence electrons. The summed E-state index contributed by atoms with van der Waals surface area (Å²) in [6.07, 6.45) is 0. The zero-order valence-corrected chi connectivity index (χ0v) is 9.45. The molecule has 0 aliphatic heterocycles. The number of thiophene rings is 2. The SMILES string of the molecule is COc1ccc(-c2ccsc2CN)s1. The number of nitrogens with two attached hydrogens (primary N) is 1. The second-order valence-electron chi connectivity index (χ2n) is 2.78. The van der Waals surface area contributed by atoms with E-state index >= 15 is 0 Å². The lowest BCUT2D eigenvalue weighted by molar-refractivity contribution is 0.427. The Morgan fingerprint density at radius 3 is 2.86 bits per heavy atom. The van der Waals surface area contributed by atoms with Crippen LogP contribution in [0.4, 0.5) is 0 Å². The minimum absolute atomic E-state index is 0.604. The van der Waals surface area contributed by atoms with E-state index in [0.717, 1.165) is 5.06 Å². The maximum atomic E-state index is 5.66. The molecule has 2 heterocycles. The van der Waals surface area contributed by atoms with Crippen molar-refractivity contribution in [2.75, 3.05) is 7.11 Å². The molecule has 2 aromatic heterocycles. The van der Waals surface area contributed by atoms with E-state index in [1.54, 1.807) is 29.8 Å². The molecule has 0 fully saturated rings. The molecule has 2 aromatic rings. The molecule has 0 bridgehead atoms. The highest BCUT2D eigenvalue weighted by molar-refractivity contribution is 7.18. The average Bonchev–Trinajstić information content (AvgIpc) is 2.85. The molecule has 14 heavy (non-hydrogen) atoms. The van der Waals surface area contributed by atoms with Crippen LogP contribution in [0.25, 0.3) is 10.4 Å². The molecule has 0 saturated carbocycles. The van der Waals surface area contributed by atoms with Crippen LogP contribution >= 0.6 is 22.7 Å². The van der Waals surface area contributed by atoms with Gasteiger partial charge in [-0.05, 0) is 23.6 Å². The van der Waals surface area contributed by atoms with Crippen molar-refractivity contribution >= 4 is 22.7 Å². The number of methoxy groups -OCH3 is 1. The third-order valence-electron chi connectivity index (χ3n) is 1.98. The Morgan fingerprint density at radius 1 is 1.36 bits per heavy atom. The fraction of sp³-hybridized carbons (Fsp3) is 0.200. The van der Waals surface area contributed by atoms with Gasteiger partial charge in [0.1, 0.15) is 0 Å². The van der Waals surface area contributed by atoms with Crippen LogP contribution in [-0.2, 0) is 6.54 Å². The fourth-order valence-electron chi connectivity index (χ4n) is 1.29. The molecule has 2 rings (SSSR count). The van der Waals surface area contributed by atoms with Gasteiger partial charge in [-0.3, -0.25) is 0 Å². The predicted octanol–water partition coefficient (Wildman–Crippen LogP) is 2.94. The summed E-state index contributed by atoms with van der Waals surface area (Å²) in [4.78, 5) is 2.46. The van der Waals surface area contributed by atoms with Gasteiger partial charge in [0.05, 0.1) is 7.11 Å². The quantitative estimate of drug-likeness (QED) is 0.871. The van der Waals surface area contributed by atoms with Gasteiger partial charge in [0, 0.05) is 21.9 Å². The van der Waals surface area contributed by atoms with Gasteiger partial charge in [-0.15, -0.1) is 11.3 Å². The molecule has 2 nitrogen and oxygen atoms in total. The van der Waals surface area contributed by atoms with E-state index in [4.69, 9.17) is 10.5 Å². The summed E-state index contributed by atoms with van der Waals surface area (Å²) in [6.45, 7) is 0.604. The van der Waals surface area contributed by atoms with E-state index in [1.165, 1.54) is 15.3 Å². The smallest absolute Gasteiger partial charge is 0.173 e. The van der Waals surface area contributed by atoms with E-state index < -0.39 is 0 Å². The van der Waals surface area contributed by atoms with Crippen molar-refractivity contribution in [2.24, 2.45) is 5.73 Å². The lowest BCUT2D eigenvalue weighted by atomic mass is 10.2. The van der Waals surface area contributed by atoms with Gasteiger partial charge in [0.15, 0.2) is 5.06 Å². The molecule has 0 unspecified atom stereocenters. The largest absolute Gasteiger partial charge is 0.487 e. The Kier molecular flexibility index (Phi) is 2.86.